The molecular weight excluding hydrogens is 268 g/mol. The molecule has 0 aromatic heterocycles. The van der Waals surface area contributed by atoms with Gasteiger partial charge in [0.15, 0.2) is 0 Å². The van der Waals surface area contributed by atoms with E-state index in [2.05, 4.69) is 0 Å². The van der Waals surface area contributed by atoms with Crippen LogP contribution in [0, 0.1) is 11.6 Å². The first-order chi connectivity index (χ1) is 7.93. The second-order valence-corrected chi connectivity index (χ2v) is 6.94. The summed E-state index contributed by atoms with van der Waals surface area (Å²) in [5, 5.41) is -0.248. The second-order valence-electron chi connectivity index (χ2n) is 3.66. The van der Waals surface area contributed by atoms with Crippen LogP contribution in [0.25, 0.3) is 0 Å². The molecule has 17 heavy (non-hydrogen) atoms. The summed E-state index contributed by atoms with van der Waals surface area (Å²) >= 11 is 1.47. The monoisotopic (exact) mass is 279 g/mol. The molecule has 1 atom stereocenters. The van der Waals surface area contributed by atoms with Crippen LogP contribution in [-0.2, 0) is 10.0 Å². The largest absolute Gasteiger partial charge is 0.247 e. The topological polar surface area (TPSA) is 37.4 Å². The summed E-state index contributed by atoms with van der Waals surface area (Å²) < 4.78 is 51.9. The van der Waals surface area contributed by atoms with Gasteiger partial charge >= 0.3 is 0 Å². The van der Waals surface area contributed by atoms with Gasteiger partial charge in [-0.25, -0.2) is 17.2 Å². The fourth-order valence-electron chi connectivity index (χ4n) is 1.69. The normalized spacial score (nSPS) is 21.9. The van der Waals surface area contributed by atoms with Crippen molar-refractivity contribution in [2.75, 3.05) is 12.3 Å². The molecule has 1 unspecified atom stereocenters. The van der Waals surface area contributed by atoms with E-state index in [1.807, 2.05) is 0 Å². The molecule has 0 spiro atoms. The molecule has 94 valence electrons. The van der Waals surface area contributed by atoms with Crippen molar-refractivity contribution in [1.82, 2.24) is 4.31 Å². The third-order valence-corrected chi connectivity index (χ3v) is 5.83. The van der Waals surface area contributed by atoms with Crippen molar-refractivity contribution in [1.29, 1.82) is 0 Å². The van der Waals surface area contributed by atoms with Crippen LogP contribution in [0.1, 0.15) is 6.92 Å². The quantitative estimate of drug-likeness (QED) is 0.831. The lowest BCUT2D eigenvalue weighted by Gasteiger charge is -2.20. The highest BCUT2D eigenvalue weighted by atomic mass is 32.2. The average Bonchev–Trinajstić information content (AvgIpc) is 2.68. The Morgan fingerprint density at radius 3 is 2.71 bits per heavy atom. The molecule has 2 rings (SSSR count). The molecule has 0 aliphatic carbocycles. The molecule has 0 N–H and O–H groups in total. The molecule has 0 bridgehead atoms. The van der Waals surface area contributed by atoms with Gasteiger partial charge in [0.05, 0.1) is 5.37 Å². The maximum absolute atomic E-state index is 13.5. The first-order valence-electron chi connectivity index (χ1n) is 5.01. The van der Waals surface area contributed by atoms with Gasteiger partial charge in [0, 0.05) is 12.3 Å². The lowest BCUT2D eigenvalue weighted by molar-refractivity contribution is 0.435. The van der Waals surface area contributed by atoms with Crippen LogP contribution >= 0.6 is 11.8 Å². The van der Waals surface area contributed by atoms with Gasteiger partial charge in [-0.15, -0.1) is 11.8 Å². The van der Waals surface area contributed by atoms with E-state index in [-0.39, 0.29) is 5.37 Å². The smallest absolute Gasteiger partial charge is 0.207 e. The summed E-state index contributed by atoms with van der Waals surface area (Å²) in [6, 6.07) is 2.45. The maximum atomic E-state index is 13.5. The lowest BCUT2D eigenvalue weighted by Crippen LogP contribution is -2.33. The summed E-state index contributed by atoms with van der Waals surface area (Å²) in [6.45, 7) is 2.05. The summed E-state index contributed by atoms with van der Waals surface area (Å²) in [6.07, 6.45) is 0. The standard InChI is InChI=1S/C10H11F2NO2S2/c1-7-13(4-5-16-7)17(14,15)10-6-8(11)2-3-9(10)12/h2-3,6-7H,4-5H2,1H3. The molecule has 0 saturated carbocycles. The van der Waals surface area contributed by atoms with Gasteiger partial charge in [-0.05, 0) is 25.1 Å². The molecule has 1 saturated heterocycles. The van der Waals surface area contributed by atoms with E-state index in [1.54, 1.807) is 6.92 Å². The van der Waals surface area contributed by atoms with Crippen molar-refractivity contribution in [2.24, 2.45) is 0 Å². The number of nitrogens with zero attached hydrogens (tertiary/aromatic N) is 1. The summed E-state index contributed by atoms with van der Waals surface area (Å²) in [5.74, 6) is -1.02. The van der Waals surface area contributed by atoms with Gasteiger partial charge in [0.2, 0.25) is 10.0 Å². The van der Waals surface area contributed by atoms with Gasteiger partial charge in [-0.2, -0.15) is 4.31 Å². The Kier molecular flexibility index (Phi) is 3.42. The molecule has 1 aromatic rings. The Labute approximate surface area is 103 Å². The van der Waals surface area contributed by atoms with Crippen molar-refractivity contribution in [3.05, 3.63) is 29.8 Å². The van der Waals surface area contributed by atoms with Crippen LogP contribution in [0.5, 0.6) is 0 Å². The zero-order valence-electron chi connectivity index (χ0n) is 9.06. The Balaban J connectivity index is 2.48. The Morgan fingerprint density at radius 1 is 1.41 bits per heavy atom. The Hall–Kier alpha value is -0.660. The molecule has 1 heterocycles. The van der Waals surface area contributed by atoms with E-state index in [0.29, 0.717) is 12.3 Å². The summed E-state index contributed by atoms with van der Waals surface area (Å²) in [5.41, 5.74) is 0. The molecule has 0 radical (unpaired) electrons. The number of hydrogen-bond donors (Lipinski definition) is 0. The fourth-order valence-corrected chi connectivity index (χ4v) is 4.80. The van der Waals surface area contributed by atoms with E-state index < -0.39 is 26.6 Å². The fraction of sp³-hybridized carbons (Fsp3) is 0.400. The number of thioether (sulfide) groups is 1. The number of rotatable bonds is 2. The van der Waals surface area contributed by atoms with Crippen LogP contribution < -0.4 is 0 Å². The van der Waals surface area contributed by atoms with Crippen LogP contribution in [0.4, 0.5) is 8.78 Å². The number of benzene rings is 1. The molecule has 0 amide bonds. The van der Waals surface area contributed by atoms with Crippen molar-refractivity contribution in [2.45, 2.75) is 17.2 Å². The third-order valence-electron chi connectivity index (χ3n) is 2.56. The van der Waals surface area contributed by atoms with Gasteiger partial charge < -0.3 is 0 Å². The van der Waals surface area contributed by atoms with E-state index in [1.165, 1.54) is 16.1 Å². The van der Waals surface area contributed by atoms with Gasteiger partial charge in [0.1, 0.15) is 16.5 Å². The van der Waals surface area contributed by atoms with Crippen LogP contribution in [0.2, 0.25) is 0 Å². The van der Waals surface area contributed by atoms with E-state index in [9.17, 15) is 17.2 Å². The maximum Gasteiger partial charge on any atom is 0.247 e. The van der Waals surface area contributed by atoms with Crippen LogP contribution in [0.3, 0.4) is 0 Å². The first-order valence-corrected chi connectivity index (χ1v) is 7.50. The zero-order valence-corrected chi connectivity index (χ0v) is 10.7. The van der Waals surface area contributed by atoms with Gasteiger partial charge in [-0.3, -0.25) is 0 Å². The number of sulfonamides is 1. The minimum absolute atomic E-state index is 0.248. The minimum atomic E-state index is -3.94. The van der Waals surface area contributed by atoms with Crippen molar-refractivity contribution in [3.63, 3.8) is 0 Å². The molecular formula is C10H11F2NO2S2. The highest BCUT2D eigenvalue weighted by Crippen LogP contribution is 2.30. The SMILES string of the molecule is CC1SCCN1S(=O)(=O)c1cc(F)ccc1F. The van der Waals surface area contributed by atoms with Crippen molar-refractivity contribution >= 4 is 21.8 Å². The highest BCUT2D eigenvalue weighted by Gasteiger charge is 2.35. The molecule has 1 aliphatic rings. The number of halogens is 2. The Morgan fingerprint density at radius 2 is 2.12 bits per heavy atom. The summed E-state index contributed by atoms with van der Waals surface area (Å²) in [7, 11) is -3.94. The van der Waals surface area contributed by atoms with E-state index in [4.69, 9.17) is 0 Å². The van der Waals surface area contributed by atoms with Crippen LogP contribution in [-0.4, -0.2) is 30.4 Å². The lowest BCUT2D eigenvalue weighted by atomic mass is 10.3. The predicted octanol–water partition coefficient (Wildman–Crippen LogP) is 2.05. The molecule has 1 aliphatic heterocycles. The molecule has 1 aromatic carbocycles. The zero-order chi connectivity index (χ0) is 12.6. The minimum Gasteiger partial charge on any atom is -0.207 e. The second kappa shape index (κ2) is 4.55. The van der Waals surface area contributed by atoms with Crippen molar-refractivity contribution < 1.29 is 17.2 Å². The predicted molar refractivity (Wildman–Crippen MR) is 62.2 cm³/mol. The molecule has 7 heteroatoms. The van der Waals surface area contributed by atoms with E-state index in [0.717, 1.165) is 18.2 Å². The van der Waals surface area contributed by atoms with Crippen molar-refractivity contribution in [3.8, 4) is 0 Å². The van der Waals surface area contributed by atoms with Gasteiger partial charge in [-0.1, -0.05) is 0 Å². The molecule has 3 nitrogen and oxygen atoms in total. The van der Waals surface area contributed by atoms with Crippen LogP contribution in [0.15, 0.2) is 23.1 Å². The highest BCUT2D eigenvalue weighted by molar-refractivity contribution is 8.01. The third kappa shape index (κ3) is 2.31. The summed E-state index contributed by atoms with van der Waals surface area (Å²) in [4.78, 5) is -0.591. The van der Waals surface area contributed by atoms with Gasteiger partial charge in [0.25, 0.3) is 0 Å². The average molecular weight is 279 g/mol. The number of hydrogen-bond acceptors (Lipinski definition) is 3. The molecule has 1 fully saturated rings. The first kappa shape index (κ1) is 12.8. The van der Waals surface area contributed by atoms with E-state index >= 15 is 0 Å². The Bertz CT molecular complexity index is 533.